The van der Waals surface area contributed by atoms with Gasteiger partial charge in [-0.05, 0) is 47.5 Å². The number of phenols is 2. The van der Waals surface area contributed by atoms with Gasteiger partial charge in [0.2, 0.25) is 0 Å². The molecule has 0 aliphatic rings. The summed E-state index contributed by atoms with van der Waals surface area (Å²) in [6, 6.07) is 14.4. The molecule has 24 heavy (non-hydrogen) atoms. The molecule has 0 saturated heterocycles. The van der Waals surface area contributed by atoms with Gasteiger partial charge in [-0.25, -0.2) is 0 Å². The van der Waals surface area contributed by atoms with Crippen LogP contribution in [0.2, 0.25) is 0 Å². The van der Waals surface area contributed by atoms with Crippen LogP contribution in [-0.2, 0) is 0 Å². The van der Waals surface area contributed by atoms with Crippen molar-refractivity contribution in [2.75, 3.05) is 0 Å². The maximum Gasteiger partial charge on any atom is 0.123 e. The molecule has 4 heteroatoms. The van der Waals surface area contributed by atoms with Crippen molar-refractivity contribution in [3.05, 3.63) is 73.6 Å². The molecule has 4 rings (SSSR count). The standard InChI is InChI=1S/C20H14O4/c21-19-3-1-13(9-17(19)15-5-7-23-11-15)14-2-4-20(22)18(10-14)16-6-8-24-12-16/h1-12,21-22H. The number of hydrogen-bond acceptors (Lipinski definition) is 4. The lowest BCUT2D eigenvalue weighted by Gasteiger charge is -2.09. The molecular formula is C20H14O4. The smallest absolute Gasteiger partial charge is 0.123 e. The first kappa shape index (κ1) is 14.2. The Kier molecular flexibility index (Phi) is 3.35. The summed E-state index contributed by atoms with van der Waals surface area (Å²) < 4.78 is 10.2. The molecule has 0 spiro atoms. The van der Waals surface area contributed by atoms with Gasteiger partial charge < -0.3 is 19.0 Å². The van der Waals surface area contributed by atoms with Gasteiger partial charge in [-0.1, -0.05) is 12.1 Å². The van der Waals surface area contributed by atoms with Crippen molar-refractivity contribution in [2.24, 2.45) is 0 Å². The van der Waals surface area contributed by atoms with Gasteiger partial charge in [0.15, 0.2) is 0 Å². The Labute approximate surface area is 138 Å². The minimum absolute atomic E-state index is 0.189. The van der Waals surface area contributed by atoms with E-state index in [-0.39, 0.29) is 11.5 Å². The average Bonchev–Trinajstić information content (AvgIpc) is 3.30. The molecule has 118 valence electrons. The molecule has 0 radical (unpaired) electrons. The van der Waals surface area contributed by atoms with E-state index in [0.29, 0.717) is 11.1 Å². The second kappa shape index (κ2) is 5.66. The molecule has 0 aliphatic heterocycles. The lowest BCUT2D eigenvalue weighted by Crippen LogP contribution is -1.84. The summed E-state index contributed by atoms with van der Waals surface area (Å²) >= 11 is 0. The van der Waals surface area contributed by atoms with E-state index in [1.807, 2.05) is 24.3 Å². The number of furan rings is 2. The van der Waals surface area contributed by atoms with Gasteiger partial charge >= 0.3 is 0 Å². The Bertz CT molecular complexity index is 885. The highest BCUT2D eigenvalue weighted by atomic mass is 16.3. The van der Waals surface area contributed by atoms with E-state index in [0.717, 1.165) is 22.3 Å². The third-order valence-electron chi connectivity index (χ3n) is 3.99. The summed E-state index contributed by atoms with van der Waals surface area (Å²) in [6.45, 7) is 0. The van der Waals surface area contributed by atoms with Crippen LogP contribution in [0.4, 0.5) is 0 Å². The zero-order valence-electron chi connectivity index (χ0n) is 12.6. The van der Waals surface area contributed by atoms with Crippen LogP contribution in [0.25, 0.3) is 33.4 Å². The highest BCUT2D eigenvalue weighted by molar-refractivity contribution is 5.81. The Balaban J connectivity index is 1.83. The minimum atomic E-state index is 0.189. The zero-order chi connectivity index (χ0) is 16.5. The number of hydrogen-bond donors (Lipinski definition) is 2. The van der Waals surface area contributed by atoms with Gasteiger partial charge in [0.05, 0.1) is 25.1 Å². The largest absolute Gasteiger partial charge is 0.507 e. The van der Waals surface area contributed by atoms with Gasteiger partial charge in [0.25, 0.3) is 0 Å². The molecule has 2 aromatic heterocycles. The Morgan fingerprint density at radius 3 is 1.38 bits per heavy atom. The normalized spacial score (nSPS) is 10.8. The second-order valence-electron chi connectivity index (χ2n) is 5.49. The van der Waals surface area contributed by atoms with Crippen molar-refractivity contribution >= 4 is 0 Å². The predicted molar refractivity (Wildman–Crippen MR) is 90.6 cm³/mol. The fourth-order valence-electron chi connectivity index (χ4n) is 2.73. The van der Waals surface area contributed by atoms with Crippen LogP contribution in [0.15, 0.2) is 82.4 Å². The monoisotopic (exact) mass is 318 g/mol. The van der Waals surface area contributed by atoms with E-state index in [1.54, 1.807) is 49.3 Å². The Morgan fingerprint density at radius 2 is 1.00 bits per heavy atom. The van der Waals surface area contributed by atoms with E-state index in [2.05, 4.69) is 0 Å². The van der Waals surface area contributed by atoms with Gasteiger partial charge in [-0.2, -0.15) is 0 Å². The molecule has 2 aromatic carbocycles. The van der Waals surface area contributed by atoms with Crippen LogP contribution < -0.4 is 0 Å². The van der Waals surface area contributed by atoms with Crippen LogP contribution in [0, 0.1) is 0 Å². The van der Waals surface area contributed by atoms with Crippen molar-refractivity contribution in [1.29, 1.82) is 0 Å². The van der Waals surface area contributed by atoms with E-state index < -0.39 is 0 Å². The third-order valence-corrected chi connectivity index (χ3v) is 3.99. The van der Waals surface area contributed by atoms with Crippen molar-refractivity contribution < 1.29 is 19.0 Å². The summed E-state index contributed by atoms with van der Waals surface area (Å²) in [4.78, 5) is 0. The van der Waals surface area contributed by atoms with Crippen molar-refractivity contribution in [3.8, 4) is 44.9 Å². The van der Waals surface area contributed by atoms with E-state index in [9.17, 15) is 10.2 Å². The zero-order valence-corrected chi connectivity index (χ0v) is 12.6. The first-order valence-corrected chi connectivity index (χ1v) is 7.44. The van der Waals surface area contributed by atoms with Crippen LogP contribution in [0.1, 0.15) is 0 Å². The quantitative estimate of drug-likeness (QED) is 0.539. The molecule has 0 amide bonds. The van der Waals surface area contributed by atoms with Gasteiger partial charge in [0, 0.05) is 22.3 Å². The Hall–Kier alpha value is -3.40. The van der Waals surface area contributed by atoms with Crippen molar-refractivity contribution in [1.82, 2.24) is 0 Å². The van der Waals surface area contributed by atoms with E-state index in [1.165, 1.54) is 0 Å². The fraction of sp³-hybridized carbons (Fsp3) is 0. The predicted octanol–water partition coefficient (Wildman–Crippen LogP) is 5.28. The Morgan fingerprint density at radius 1 is 0.542 bits per heavy atom. The number of phenolic OH excluding ortho intramolecular Hbond substituents is 2. The average molecular weight is 318 g/mol. The maximum atomic E-state index is 10.1. The molecule has 0 bridgehead atoms. The molecule has 0 saturated carbocycles. The summed E-state index contributed by atoms with van der Waals surface area (Å²) in [5, 5.41) is 20.2. The van der Waals surface area contributed by atoms with Crippen molar-refractivity contribution in [3.63, 3.8) is 0 Å². The second-order valence-corrected chi connectivity index (χ2v) is 5.49. The SMILES string of the molecule is Oc1ccc(-c2ccc(O)c(-c3ccoc3)c2)cc1-c1ccoc1. The van der Waals surface area contributed by atoms with E-state index in [4.69, 9.17) is 8.83 Å². The summed E-state index contributed by atoms with van der Waals surface area (Å²) in [7, 11) is 0. The van der Waals surface area contributed by atoms with Crippen LogP contribution in [0.5, 0.6) is 11.5 Å². The first-order chi connectivity index (χ1) is 11.7. The molecule has 0 unspecified atom stereocenters. The highest BCUT2D eigenvalue weighted by Crippen LogP contribution is 2.37. The fourth-order valence-corrected chi connectivity index (χ4v) is 2.73. The molecule has 0 aliphatic carbocycles. The van der Waals surface area contributed by atoms with Gasteiger partial charge in [-0.3, -0.25) is 0 Å². The van der Waals surface area contributed by atoms with Crippen LogP contribution in [0.3, 0.4) is 0 Å². The van der Waals surface area contributed by atoms with Crippen molar-refractivity contribution in [2.45, 2.75) is 0 Å². The first-order valence-electron chi connectivity index (χ1n) is 7.44. The summed E-state index contributed by atoms with van der Waals surface area (Å²) in [5.41, 5.74) is 4.85. The molecule has 2 N–H and O–H groups in total. The molecule has 4 aromatic rings. The molecule has 4 nitrogen and oxygen atoms in total. The van der Waals surface area contributed by atoms with Gasteiger partial charge in [0.1, 0.15) is 11.5 Å². The lowest BCUT2D eigenvalue weighted by molar-refractivity contribution is 0.476. The topological polar surface area (TPSA) is 66.7 Å². The summed E-state index contributed by atoms with van der Waals surface area (Å²) in [6.07, 6.45) is 6.32. The maximum absolute atomic E-state index is 10.1. The van der Waals surface area contributed by atoms with E-state index >= 15 is 0 Å². The minimum Gasteiger partial charge on any atom is -0.507 e. The number of aromatic hydroxyl groups is 2. The molecule has 0 atom stereocenters. The molecule has 0 fully saturated rings. The molecule has 2 heterocycles. The van der Waals surface area contributed by atoms with Gasteiger partial charge in [-0.15, -0.1) is 0 Å². The molecular weight excluding hydrogens is 304 g/mol. The van der Waals surface area contributed by atoms with Crippen LogP contribution in [-0.4, -0.2) is 10.2 Å². The third kappa shape index (κ3) is 2.44. The summed E-state index contributed by atoms with van der Waals surface area (Å²) in [5.74, 6) is 0.378. The number of benzene rings is 2. The highest BCUT2D eigenvalue weighted by Gasteiger charge is 2.11. The lowest BCUT2D eigenvalue weighted by atomic mass is 9.96. The number of rotatable bonds is 3. The van der Waals surface area contributed by atoms with Crippen LogP contribution >= 0.6 is 0 Å².